The van der Waals surface area contributed by atoms with Gasteiger partial charge in [-0.2, -0.15) is 5.26 Å². The fraction of sp³-hybridized carbons (Fsp3) is 0. The molecule has 0 N–H and O–H groups in total. The van der Waals surface area contributed by atoms with Crippen LogP contribution in [0.4, 0.5) is 5.69 Å². The molecule has 0 saturated heterocycles. The van der Waals surface area contributed by atoms with Crippen molar-refractivity contribution in [2.24, 2.45) is 4.99 Å². The van der Waals surface area contributed by atoms with Crippen LogP contribution < -0.4 is 0 Å². The van der Waals surface area contributed by atoms with E-state index in [-0.39, 0.29) is 0 Å². The zero-order valence-electron chi connectivity index (χ0n) is 8.67. The molecule has 2 rings (SSSR count). The van der Waals surface area contributed by atoms with E-state index in [0.717, 1.165) is 11.3 Å². The zero-order chi connectivity index (χ0) is 11.2. The van der Waals surface area contributed by atoms with E-state index in [4.69, 9.17) is 5.26 Å². The minimum absolute atomic E-state index is 0.437. The highest BCUT2D eigenvalue weighted by atomic mass is 14.7. The highest BCUT2D eigenvalue weighted by molar-refractivity contribution is 6.12. The summed E-state index contributed by atoms with van der Waals surface area (Å²) in [5.41, 5.74) is 2.07. The van der Waals surface area contributed by atoms with Crippen LogP contribution in [0.1, 0.15) is 5.56 Å². The van der Waals surface area contributed by atoms with Gasteiger partial charge in [-0.3, -0.25) is 0 Å². The Morgan fingerprint density at radius 2 is 1.44 bits per heavy atom. The van der Waals surface area contributed by atoms with Gasteiger partial charge in [0.2, 0.25) is 0 Å². The summed E-state index contributed by atoms with van der Waals surface area (Å²) >= 11 is 0. The molecule has 2 aromatic rings. The summed E-state index contributed by atoms with van der Waals surface area (Å²) in [4.78, 5) is 4.30. The molecule has 0 heterocycles. The van der Waals surface area contributed by atoms with Crippen molar-refractivity contribution in [1.82, 2.24) is 0 Å². The minimum Gasteiger partial charge on any atom is -0.237 e. The van der Waals surface area contributed by atoms with Crippen LogP contribution in [-0.4, -0.2) is 5.71 Å². The summed E-state index contributed by atoms with van der Waals surface area (Å²) in [5.74, 6) is 0. The van der Waals surface area contributed by atoms with Gasteiger partial charge in [0.25, 0.3) is 0 Å². The molecule has 0 aromatic heterocycles. The van der Waals surface area contributed by atoms with E-state index in [1.54, 1.807) is 0 Å². The molecule has 0 aliphatic heterocycles. The lowest BCUT2D eigenvalue weighted by Gasteiger charge is -1.97. The molecule has 2 nitrogen and oxygen atoms in total. The SMILES string of the molecule is N#CC(=Nc1ccccc1)c1ccccc1. The van der Waals surface area contributed by atoms with Crippen molar-refractivity contribution in [1.29, 1.82) is 5.26 Å². The third-order valence-electron chi connectivity index (χ3n) is 2.15. The monoisotopic (exact) mass is 206 g/mol. The Bertz CT molecular complexity index is 522. The molecule has 0 fully saturated rings. The van der Waals surface area contributed by atoms with E-state index in [0.29, 0.717) is 5.71 Å². The second-order valence-electron chi connectivity index (χ2n) is 3.27. The van der Waals surface area contributed by atoms with Crippen LogP contribution in [0.2, 0.25) is 0 Å². The van der Waals surface area contributed by atoms with E-state index >= 15 is 0 Å². The summed E-state index contributed by atoms with van der Waals surface area (Å²) in [6.07, 6.45) is 0. The first-order valence-electron chi connectivity index (χ1n) is 4.99. The maximum atomic E-state index is 9.06. The van der Waals surface area contributed by atoms with Gasteiger partial charge < -0.3 is 0 Å². The molecule has 2 aromatic carbocycles. The van der Waals surface area contributed by atoms with Crippen LogP contribution in [0, 0.1) is 11.3 Å². The summed E-state index contributed by atoms with van der Waals surface area (Å²) in [6.45, 7) is 0. The minimum atomic E-state index is 0.437. The van der Waals surface area contributed by atoms with Gasteiger partial charge in [0.05, 0.1) is 5.69 Å². The lowest BCUT2D eigenvalue weighted by Crippen LogP contribution is -1.95. The highest BCUT2D eigenvalue weighted by Crippen LogP contribution is 2.12. The number of hydrogen-bond donors (Lipinski definition) is 0. The predicted molar refractivity (Wildman–Crippen MR) is 64.7 cm³/mol. The first-order valence-corrected chi connectivity index (χ1v) is 4.99. The number of rotatable bonds is 2. The number of nitriles is 1. The van der Waals surface area contributed by atoms with E-state index in [1.807, 2.05) is 60.7 Å². The molecule has 0 atom stereocenters. The van der Waals surface area contributed by atoms with Gasteiger partial charge in [-0.1, -0.05) is 48.5 Å². The van der Waals surface area contributed by atoms with Crippen LogP contribution in [0.3, 0.4) is 0 Å². The van der Waals surface area contributed by atoms with E-state index in [2.05, 4.69) is 11.1 Å². The fourth-order valence-corrected chi connectivity index (χ4v) is 1.38. The molecule has 76 valence electrons. The van der Waals surface area contributed by atoms with Crippen molar-refractivity contribution in [3.63, 3.8) is 0 Å². The van der Waals surface area contributed by atoms with Crippen LogP contribution in [0.15, 0.2) is 65.7 Å². The van der Waals surface area contributed by atoms with Crippen LogP contribution in [-0.2, 0) is 0 Å². The van der Waals surface area contributed by atoms with Gasteiger partial charge in [0.15, 0.2) is 0 Å². The smallest absolute Gasteiger partial charge is 0.148 e. The van der Waals surface area contributed by atoms with Crippen molar-refractivity contribution in [2.75, 3.05) is 0 Å². The third-order valence-corrected chi connectivity index (χ3v) is 2.15. The molecule has 0 saturated carbocycles. The quantitative estimate of drug-likeness (QED) is 0.694. The number of benzene rings is 2. The molecule has 0 amide bonds. The lowest BCUT2D eigenvalue weighted by atomic mass is 10.1. The predicted octanol–water partition coefficient (Wildman–Crippen LogP) is 3.33. The van der Waals surface area contributed by atoms with E-state index in [1.165, 1.54) is 0 Å². The Hall–Kier alpha value is -2.40. The standard InChI is InChI=1S/C14H10N2/c15-11-14(12-7-3-1-4-8-12)16-13-9-5-2-6-10-13/h1-10H. The van der Waals surface area contributed by atoms with Crippen molar-refractivity contribution in [3.8, 4) is 6.07 Å². The average molecular weight is 206 g/mol. The van der Waals surface area contributed by atoms with Gasteiger partial charge >= 0.3 is 0 Å². The molecular weight excluding hydrogens is 196 g/mol. The highest BCUT2D eigenvalue weighted by Gasteiger charge is 2.00. The van der Waals surface area contributed by atoms with Gasteiger partial charge in [0, 0.05) is 5.56 Å². The Balaban J connectivity index is 2.39. The topological polar surface area (TPSA) is 36.1 Å². The van der Waals surface area contributed by atoms with Gasteiger partial charge in [-0.15, -0.1) is 0 Å². The van der Waals surface area contributed by atoms with E-state index in [9.17, 15) is 0 Å². The Labute approximate surface area is 94.5 Å². The molecule has 0 spiro atoms. The number of hydrogen-bond acceptors (Lipinski definition) is 2. The largest absolute Gasteiger partial charge is 0.237 e. The molecular formula is C14H10N2. The average Bonchev–Trinajstić information content (AvgIpc) is 2.38. The van der Waals surface area contributed by atoms with Crippen molar-refractivity contribution >= 4 is 11.4 Å². The van der Waals surface area contributed by atoms with Crippen LogP contribution >= 0.6 is 0 Å². The molecule has 16 heavy (non-hydrogen) atoms. The first kappa shape index (κ1) is 10.1. The summed E-state index contributed by atoms with van der Waals surface area (Å²) in [6, 6.07) is 21.1. The van der Waals surface area contributed by atoms with Crippen molar-refractivity contribution < 1.29 is 0 Å². The molecule has 2 heteroatoms. The molecule has 0 aliphatic rings. The molecule has 0 bridgehead atoms. The Morgan fingerprint density at radius 3 is 2.00 bits per heavy atom. The number of para-hydroxylation sites is 1. The molecule has 0 radical (unpaired) electrons. The van der Waals surface area contributed by atoms with E-state index < -0.39 is 0 Å². The molecule has 0 aliphatic carbocycles. The number of aliphatic imine (C=N–C) groups is 1. The summed E-state index contributed by atoms with van der Waals surface area (Å²) < 4.78 is 0. The van der Waals surface area contributed by atoms with Crippen LogP contribution in [0.5, 0.6) is 0 Å². The second-order valence-corrected chi connectivity index (χ2v) is 3.27. The molecule has 0 unspecified atom stereocenters. The fourth-order valence-electron chi connectivity index (χ4n) is 1.38. The van der Waals surface area contributed by atoms with Gasteiger partial charge in [-0.25, -0.2) is 4.99 Å². The number of nitrogens with zero attached hydrogens (tertiary/aromatic N) is 2. The van der Waals surface area contributed by atoms with Crippen LogP contribution in [0.25, 0.3) is 0 Å². The summed E-state index contributed by atoms with van der Waals surface area (Å²) in [7, 11) is 0. The maximum Gasteiger partial charge on any atom is 0.148 e. The normalized spacial score (nSPS) is 10.8. The van der Waals surface area contributed by atoms with Crippen molar-refractivity contribution in [2.45, 2.75) is 0 Å². The summed E-state index contributed by atoms with van der Waals surface area (Å²) in [5, 5.41) is 9.06. The van der Waals surface area contributed by atoms with Gasteiger partial charge in [0.1, 0.15) is 11.8 Å². The first-order chi connectivity index (χ1) is 7.90. The Morgan fingerprint density at radius 1 is 0.875 bits per heavy atom. The lowest BCUT2D eigenvalue weighted by molar-refractivity contribution is 1.48. The van der Waals surface area contributed by atoms with Crippen molar-refractivity contribution in [3.05, 3.63) is 66.2 Å². The third kappa shape index (κ3) is 2.34. The second kappa shape index (κ2) is 4.90. The van der Waals surface area contributed by atoms with Gasteiger partial charge in [-0.05, 0) is 12.1 Å². The Kier molecular flexibility index (Phi) is 3.10. The zero-order valence-corrected chi connectivity index (χ0v) is 8.67. The maximum absolute atomic E-state index is 9.06.